The maximum Gasteiger partial charge on any atom is 6.00 e. The smallest absolute Gasteiger partial charge is 0.512 e. The van der Waals surface area contributed by atoms with Crippen molar-refractivity contribution in [3.05, 3.63) is 39.4 Å². The second kappa shape index (κ2) is 276. The minimum absolute atomic E-state index is 0. The summed E-state index contributed by atoms with van der Waals surface area (Å²) in [6.45, 7) is 28.5. The molecule has 94 valence electrons. The first-order valence-electron chi connectivity index (χ1n) is 1.34. The molecule has 0 atom stereocenters. The van der Waals surface area contributed by atoms with Gasteiger partial charge in [-0.05, 0) is 0 Å². The van der Waals surface area contributed by atoms with Crippen molar-refractivity contribution >= 4 is 0 Å². The first-order valence-corrected chi connectivity index (χ1v) is 1.34. The first kappa shape index (κ1) is 232. The van der Waals surface area contributed by atoms with Crippen LogP contribution in [0.4, 0.5) is 0 Å². The van der Waals surface area contributed by atoms with Crippen LogP contribution in [0.15, 0.2) is 0 Å². The molecule has 10 nitrogen and oxygen atoms in total. The monoisotopic (exact) mass is 284 g/mol. The second-order valence-electron chi connectivity index (χ2n) is 0. The molecule has 0 bridgehead atoms. The van der Waals surface area contributed by atoms with Crippen LogP contribution in [0.3, 0.4) is 0 Å². The van der Waals surface area contributed by atoms with Crippen molar-refractivity contribution in [2.24, 2.45) is 0 Å². The maximum atomic E-state index is 6.25. The van der Waals surface area contributed by atoms with Gasteiger partial charge in [-0.1, -0.05) is 0 Å². The number of quaternary nitrogens is 4. The fourth-order valence-electron chi connectivity index (χ4n) is 0. The third kappa shape index (κ3) is 233. The van der Waals surface area contributed by atoms with Gasteiger partial charge in [0.2, 0.25) is 0 Å². The summed E-state index contributed by atoms with van der Waals surface area (Å²) in [6.07, 6.45) is 0. The Morgan fingerprint density at radius 3 is 0.294 bits per heavy atom. The van der Waals surface area contributed by atoms with E-state index in [0.29, 0.717) is 0 Å². The van der Waals surface area contributed by atoms with Gasteiger partial charge >= 0.3 is 17.1 Å². The van der Waals surface area contributed by atoms with Gasteiger partial charge in [-0.2, -0.15) is 0 Å². The van der Waals surface area contributed by atoms with Crippen molar-refractivity contribution in [3.63, 3.8) is 0 Å². The zero-order valence-corrected chi connectivity index (χ0v) is 11.1. The van der Waals surface area contributed by atoms with Crippen LogP contribution in [0.1, 0.15) is 0 Å². The van der Waals surface area contributed by atoms with Gasteiger partial charge in [0.05, 0.1) is 0 Å². The molecule has 0 spiro atoms. The molecule has 0 saturated carbocycles. The fraction of sp³-hybridized carbons (Fsp3) is 0. The van der Waals surface area contributed by atoms with Crippen LogP contribution >= 0.6 is 0 Å². The molecule has 0 saturated heterocycles. The fourth-order valence-corrected chi connectivity index (χ4v) is 0. The van der Waals surface area contributed by atoms with Gasteiger partial charge < -0.3 is 95.6 Å². The summed E-state index contributed by atoms with van der Waals surface area (Å²) < 4.78 is 0. The van der Waals surface area contributed by atoms with E-state index in [2.05, 4.69) is 0 Å². The Morgan fingerprint density at radius 2 is 0.294 bits per heavy atom. The molecule has 0 radical (unpaired) electrons. The average molecular weight is 284 g/mol. The molecule has 17 heavy (non-hydrogen) atoms. The van der Waals surface area contributed by atoms with E-state index in [-0.39, 0.29) is 41.7 Å². The Morgan fingerprint density at radius 1 is 0.294 bits per heavy atom. The number of nitrogens with zero attached hydrogens (tertiary/aromatic N) is 6. The van der Waals surface area contributed by atoms with Crippen LogP contribution in [-0.2, 0) is 17.1 Å². The largest absolute Gasteiger partial charge is 6.00 e. The Bertz CT molecular complexity index is 95.8. The van der Waals surface area contributed by atoms with E-state index < -0.39 is 0 Å². The molecule has 0 aliphatic carbocycles. The molecule has 0 aromatic heterocycles. The van der Waals surface area contributed by atoms with Crippen LogP contribution in [0.2, 0.25) is 0 Å². The third-order valence-electron chi connectivity index (χ3n) is 0. The van der Waals surface area contributed by atoms with Gasteiger partial charge in [-0.25, -0.2) is 0 Å². The molecule has 0 aromatic rings. The summed E-state index contributed by atoms with van der Waals surface area (Å²) in [5, 5.41) is 37.5. The molecule has 16 N–H and O–H groups in total. The average Bonchev–Trinajstić information content (AvgIpc) is 2.33. The van der Waals surface area contributed by atoms with Gasteiger partial charge in [-0.15, -0.1) is 0 Å². The molecule has 0 fully saturated rings. The van der Waals surface area contributed by atoms with Crippen LogP contribution in [0.5, 0.6) is 0 Å². The molecule has 0 amide bonds. The van der Waals surface area contributed by atoms with Crippen molar-refractivity contribution < 1.29 is 17.1 Å². The Balaban J connectivity index is -0.00000000267. The topological polar surface area (TPSA) is 289 Å². The molecular weight excluding hydrogens is 268 g/mol. The van der Waals surface area contributed by atoms with Crippen molar-refractivity contribution in [1.82, 2.24) is 24.6 Å². The molecule has 0 heterocycles. The SMILES string of the molecule is [C-]#N.[C-]#N.[C-]#N.[C-]#N.[C-]#N.[C-]#N.[Fe+6].[NH4+].[NH4+].[NH4+].[NH4+]. The zero-order chi connectivity index (χ0) is 12.0. The number of hydrogen-bond donors (Lipinski definition) is 4. The summed E-state index contributed by atoms with van der Waals surface area (Å²) in [5.74, 6) is 0. The summed E-state index contributed by atoms with van der Waals surface area (Å²) in [4.78, 5) is 0. The first-order chi connectivity index (χ1) is 6.00. The summed E-state index contributed by atoms with van der Waals surface area (Å²) in [5.41, 5.74) is 0. The van der Waals surface area contributed by atoms with E-state index >= 15 is 0 Å². The molecule has 0 rings (SSSR count). The molecule has 0 aromatic carbocycles. The Kier molecular flexibility index (Phi) is 3770. The van der Waals surface area contributed by atoms with Crippen LogP contribution in [-0.4, -0.2) is 0 Å². The number of rotatable bonds is 0. The van der Waals surface area contributed by atoms with Crippen molar-refractivity contribution in [2.45, 2.75) is 0 Å². The standard InChI is InChI=1S/6CN.Fe.4H3N/c6*1-2;;;;;/h;;;;;;;4*1H3/q6*-1;+6;;;;/p+4. The van der Waals surface area contributed by atoms with Crippen LogP contribution in [0, 0.1) is 71.0 Å². The summed E-state index contributed by atoms with van der Waals surface area (Å²) in [7, 11) is 0. The van der Waals surface area contributed by atoms with Gasteiger partial charge in [0.15, 0.2) is 0 Å². The van der Waals surface area contributed by atoms with E-state index in [4.69, 9.17) is 71.0 Å². The maximum absolute atomic E-state index is 6.25. The van der Waals surface area contributed by atoms with E-state index in [0.717, 1.165) is 0 Å². The molecular formula is C6H16FeN10+4. The molecule has 11 heteroatoms. The quantitative estimate of drug-likeness (QED) is 0.380. The van der Waals surface area contributed by atoms with E-state index in [1.807, 2.05) is 0 Å². The van der Waals surface area contributed by atoms with E-state index in [9.17, 15) is 0 Å². The van der Waals surface area contributed by atoms with E-state index in [1.54, 1.807) is 0 Å². The minimum atomic E-state index is 0. The normalized spacial score (nSPS) is 0.706. The van der Waals surface area contributed by atoms with Crippen molar-refractivity contribution in [3.8, 4) is 0 Å². The summed E-state index contributed by atoms with van der Waals surface area (Å²) >= 11 is 0. The van der Waals surface area contributed by atoms with Crippen molar-refractivity contribution in [1.29, 1.82) is 31.6 Å². The molecule has 0 aliphatic rings. The van der Waals surface area contributed by atoms with Gasteiger partial charge in [0, 0.05) is 0 Å². The predicted octanol–water partition coefficient (Wildman–Crippen LogP) is 2.08. The zero-order valence-electron chi connectivity index (χ0n) is 10.0. The van der Waals surface area contributed by atoms with Crippen LogP contribution in [0.25, 0.3) is 0 Å². The summed E-state index contributed by atoms with van der Waals surface area (Å²) in [6, 6.07) is 0. The second-order valence-corrected chi connectivity index (χ2v) is 0. The Labute approximate surface area is 113 Å². The van der Waals surface area contributed by atoms with E-state index in [1.165, 1.54) is 0 Å². The third-order valence-corrected chi connectivity index (χ3v) is 0. The van der Waals surface area contributed by atoms with Gasteiger partial charge in [0.25, 0.3) is 0 Å². The van der Waals surface area contributed by atoms with Crippen molar-refractivity contribution in [2.75, 3.05) is 0 Å². The van der Waals surface area contributed by atoms with Gasteiger partial charge in [0.1, 0.15) is 0 Å². The van der Waals surface area contributed by atoms with Crippen LogP contribution < -0.4 is 24.6 Å². The Hall–Kier alpha value is -2.70. The molecule has 0 aliphatic heterocycles. The predicted molar refractivity (Wildman–Crippen MR) is 53.7 cm³/mol. The minimum Gasteiger partial charge on any atom is -0.512 e. The molecule has 0 unspecified atom stereocenters. The number of hydrogen-bond acceptors (Lipinski definition) is 6. The van der Waals surface area contributed by atoms with Gasteiger partial charge in [-0.3, -0.25) is 0 Å².